The lowest BCUT2D eigenvalue weighted by Gasteiger charge is -2.23. The van der Waals surface area contributed by atoms with Crippen LogP contribution in [0.2, 0.25) is 0 Å². The van der Waals surface area contributed by atoms with E-state index in [4.69, 9.17) is 4.74 Å². The van der Waals surface area contributed by atoms with Crippen molar-refractivity contribution in [3.05, 3.63) is 48.3 Å². The number of carbonyl (C=O) groups excluding carboxylic acids is 3. The molecule has 13 heteroatoms. The summed E-state index contributed by atoms with van der Waals surface area (Å²) in [4.78, 5) is 49.5. The molecule has 3 N–H and O–H groups in total. The van der Waals surface area contributed by atoms with Crippen molar-refractivity contribution in [2.75, 3.05) is 58.0 Å². The zero-order valence-electron chi connectivity index (χ0n) is 26.9. The van der Waals surface area contributed by atoms with Gasteiger partial charge in [-0.2, -0.15) is 14.8 Å². The smallest absolute Gasteiger partial charge is 0.435 e. The number of amides is 2. The summed E-state index contributed by atoms with van der Waals surface area (Å²) in [5.74, 6) is 6.81. The standard InChI is InChI=1S/C32H43N9O4/c1-7-17-33-29-25(13-10-9-11-18-34-30(43)23(3)40(6)28(42)14-12-19-39(4)5)21-35-31(38-29)37-26-16-15-24-22-36-41(27(24)20-26)32(44)45-8-2/h12,14-16,20-23H,7-9,11,17-19H2,1-6H3,(H,34,43)(H2,33,35,37,38)/t23-/m0/s1. The normalized spacial score (nSPS) is 11.6. The number of fused-ring (bicyclic) bond motifs is 1. The lowest BCUT2D eigenvalue weighted by Crippen LogP contribution is -2.45. The van der Waals surface area contributed by atoms with E-state index in [2.05, 4.69) is 49.8 Å². The fourth-order valence-corrected chi connectivity index (χ4v) is 4.01. The summed E-state index contributed by atoms with van der Waals surface area (Å²) < 4.78 is 6.30. The molecule has 0 saturated heterocycles. The minimum atomic E-state index is -0.592. The molecule has 1 atom stereocenters. The molecule has 0 fully saturated rings. The molecule has 13 nitrogen and oxygen atoms in total. The van der Waals surface area contributed by atoms with Crippen LogP contribution in [0, 0.1) is 11.8 Å². The van der Waals surface area contributed by atoms with E-state index in [0.717, 1.165) is 11.8 Å². The summed E-state index contributed by atoms with van der Waals surface area (Å²) >= 11 is 0. The highest BCUT2D eigenvalue weighted by atomic mass is 16.5. The number of rotatable bonds is 14. The first-order chi connectivity index (χ1) is 21.6. The van der Waals surface area contributed by atoms with Gasteiger partial charge in [-0.1, -0.05) is 24.8 Å². The van der Waals surface area contributed by atoms with E-state index in [9.17, 15) is 14.4 Å². The molecule has 0 saturated carbocycles. The van der Waals surface area contributed by atoms with Crippen LogP contribution in [0.3, 0.4) is 0 Å². The molecule has 0 spiro atoms. The van der Waals surface area contributed by atoms with Gasteiger partial charge >= 0.3 is 6.09 Å². The Morgan fingerprint density at radius 1 is 1.13 bits per heavy atom. The predicted molar refractivity (Wildman–Crippen MR) is 175 cm³/mol. The Balaban J connectivity index is 1.58. The van der Waals surface area contributed by atoms with E-state index in [1.54, 1.807) is 45.4 Å². The summed E-state index contributed by atoms with van der Waals surface area (Å²) in [7, 11) is 5.45. The number of hydrogen-bond donors (Lipinski definition) is 3. The summed E-state index contributed by atoms with van der Waals surface area (Å²) in [6.45, 7) is 7.55. The van der Waals surface area contributed by atoms with Gasteiger partial charge in [-0.15, -0.1) is 0 Å². The van der Waals surface area contributed by atoms with E-state index >= 15 is 0 Å². The van der Waals surface area contributed by atoms with Gasteiger partial charge in [0.1, 0.15) is 11.9 Å². The summed E-state index contributed by atoms with van der Waals surface area (Å²) in [5.41, 5.74) is 1.94. The van der Waals surface area contributed by atoms with Crippen LogP contribution in [0.5, 0.6) is 0 Å². The SMILES string of the molecule is CCCNc1nc(Nc2ccc3cnn(C(=O)OCC)c3c2)ncc1C#CCCCNC(=O)[C@H](C)N(C)C(=O)C=CCN(C)C. The van der Waals surface area contributed by atoms with Crippen molar-refractivity contribution in [3.8, 4) is 11.8 Å². The monoisotopic (exact) mass is 617 g/mol. The van der Waals surface area contributed by atoms with Crippen molar-refractivity contribution in [2.45, 2.75) is 46.1 Å². The largest absolute Gasteiger partial charge is 0.448 e. The van der Waals surface area contributed by atoms with E-state index < -0.39 is 12.1 Å². The quantitative estimate of drug-likeness (QED) is 0.139. The Morgan fingerprint density at radius 3 is 2.67 bits per heavy atom. The lowest BCUT2D eigenvalue weighted by atomic mass is 10.2. The zero-order valence-corrected chi connectivity index (χ0v) is 26.9. The van der Waals surface area contributed by atoms with Gasteiger partial charge in [-0.3, -0.25) is 9.59 Å². The van der Waals surface area contributed by atoms with Crippen molar-refractivity contribution in [1.82, 2.24) is 34.9 Å². The van der Waals surface area contributed by atoms with E-state index in [0.29, 0.717) is 61.0 Å². The Bertz CT molecular complexity index is 1550. The number of nitrogens with zero attached hydrogens (tertiary/aromatic N) is 6. The van der Waals surface area contributed by atoms with Crippen molar-refractivity contribution in [2.24, 2.45) is 0 Å². The van der Waals surface area contributed by atoms with Crippen molar-refractivity contribution < 1.29 is 19.1 Å². The number of benzene rings is 1. The minimum Gasteiger partial charge on any atom is -0.448 e. The number of nitrogens with one attached hydrogen (secondary N) is 3. The fourth-order valence-electron chi connectivity index (χ4n) is 4.01. The van der Waals surface area contributed by atoms with E-state index in [-0.39, 0.29) is 18.4 Å². The molecule has 3 aromatic rings. The molecular weight excluding hydrogens is 574 g/mol. The first kappa shape index (κ1) is 34.5. The molecular formula is C32H43N9O4. The molecule has 0 aliphatic rings. The molecule has 2 aromatic heterocycles. The first-order valence-electron chi connectivity index (χ1n) is 15.0. The Labute approximate surface area is 264 Å². The molecule has 0 bridgehead atoms. The van der Waals surface area contributed by atoms with E-state index in [1.165, 1.54) is 15.7 Å². The van der Waals surface area contributed by atoms with Crippen molar-refractivity contribution >= 4 is 46.3 Å². The van der Waals surface area contributed by atoms with Gasteiger partial charge in [-0.25, -0.2) is 9.78 Å². The minimum absolute atomic E-state index is 0.216. The van der Waals surface area contributed by atoms with Crippen molar-refractivity contribution in [1.29, 1.82) is 0 Å². The maximum absolute atomic E-state index is 12.5. The molecule has 240 valence electrons. The molecule has 0 aliphatic carbocycles. The van der Waals surface area contributed by atoms with Crippen LogP contribution in [-0.2, 0) is 14.3 Å². The van der Waals surface area contributed by atoms with Crippen LogP contribution in [-0.4, -0.2) is 101 Å². The van der Waals surface area contributed by atoms with Gasteiger partial charge in [0.25, 0.3) is 0 Å². The molecule has 2 amide bonds. The van der Waals surface area contributed by atoms with Gasteiger partial charge in [0, 0.05) is 50.3 Å². The molecule has 0 unspecified atom stereocenters. The average Bonchev–Trinajstić information content (AvgIpc) is 3.44. The Kier molecular flexibility index (Phi) is 13.3. The zero-order chi connectivity index (χ0) is 32.8. The molecule has 0 radical (unpaired) electrons. The summed E-state index contributed by atoms with van der Waals surface area (Å²) in [6, 6.07) is 4.90. The highest BCUT2D eigenvalue weighted by molar-refractivity contribution is 5.92. The van der Waals surface area contributed by atoms with Gasteiger partial charge < -0.3 is 30.5 Å². The van der Waals surface area contributed by atoms with Crippen LogP contribution in [0.25, 0.3) is 10.9 Å². The van der Waals surface area contributed by atoms with Gasteiger partial charge in [0.15, 0.2) is 0 Å². The van der Waals surface area contributed by atoms with E-state index in [1.807, 2.05) is 31.1 Å². The van der Waals surface area contributed by atoms with Gasteiger partial charge in [-0.05, 0) is 59.0 Å². The van der Waals surface area contributed by atoms with Crippen LogP contribution in [0.15, 0.2) is 42.7 Å². The number of unbranched alkanes of at least 4 members (excludes halogenated alkanes) is 1. The highest BCUT2D eigenvalue weighted by Gasteiger charge is 2.20. The summed E-state index contributed by atoms with van der Waals surface area (Å²) in [5, 5.41) is 14.3. The van der Waals surface area contributed by atoms with Crippen LogP contribution in [0.1, 0.15) is 45.6 Å². The predicted octanol–water partition coefficient (Wildman–Crippen LogP) is 3.61. The average molecular weight is 618 g/mol. The van der Waals surface area contributed by atoms with Crippen LogP contribution >= 0.6 is 0 Å². The highest BCUT2D eigenvalue weighted by Crippen LogP contribution is 2.22. The maximum Gasteiger partial charge on any atom is 0.435 e. The van der Waals surface area contributed by atoms with Crippen LogP contribution in [0.4, 0.5) is 22.2 Å². The first-order valence-corrected chi connectivity index (χ1v) is 15.0. The van der Waals surface area contributed by atoms with Crippen LogP contribution < -0.4 is 16.0 Å². The Hall–Kier alpha value is -4.96. The van der Waals surface area contributed by atoms with Gasteiger partial charge in [0.2, 0.25) is 17.8 Å². The number of likely N-dealkylation sites (N-methyl/N-ethyl adjacent to an activating group) is 2. The number of ether oxygens (including phenoxy) is 1. The number of anilines is 3. The summed E-state index contributed by atoms with van der Waals surface area (Å²) in [6.07, 6.45) is 8.08. The number of aromatic nitrogens is 4. The molecule has 2 heterocycles. The lowest BCUT2D eigenvalue weighted by molar-refractivity contribution is -0.135. The molecule has 45 heavy (non-hydrogen) atoms. The second-order valence-corrected chi connectivity index (χ2v) is 10.5. The molecule has 3 rings (SSSR count). The number of hydrogen-bond acceptors (Lipinski definition) is 10. The third-order valence-corrected chi connectivity index (χ3v) is 6.64. The fraction of sp³-hybridized carbons (Fsp3) is 0.438. The second-order valence-electron chi connectivity index (χ2n) is 10.5. The topological polar surface area (TPSA) is 147 Å². The molecule has 0 aliphatic heterocycles. The van der Waals surface area contributed by atoms with Crippen molar-refractivity contribution in [3.63, 3.8) is 0 Å². The molecule has 1 aromatic carbocycles. The Morgan fingerprint density at radius 2 is 1.93 bits per heavy atom. The second kappa shape index (κ2) is 17.4. The third-order valence-electron chi connectivity index (χ3n) is 6.64. The van der Waals surface area contributed by atoms with Gasteiger partial charge in [0.05, 0.1) is 30.1 Å². The maximum atomic E-state index is 12.5. The number of carbonyl (C=O) groups is 3. The third kappa shape index (κ3) is 10.3.